The third-order valence-corrected chi connectivity index (χ3v) is 10.1. The molecule has 5 heteroatoms. The minimum absolute atomic E-state index is 0.708. The van der Waals surface area contributed by atoms with E-state index in [0.29, 0.717) is 5.82 Å². The monoisotopic (exact) mass is 703 g/mol. The van der Waals surface area contributed by atoms with E-state index < -0.39 is 0 Å². The molecule has 5 nitrogen and oxygen atoms in total. The molecule has 10 aromatic rings. The number of benzene rings is 7. The van der Waals surface area contributed by atoms with Gasteiger partial charge in [0.15, 0.2) is 11.6 Å². The molecular formula is C50H33N5. The normalized spacial score (nSPS) is 11.3. The summed E-state index contributed by atoms with van der Waals surface area (Å²) in [5.74, 6) is 1.53. The fraction of sp³-hybridized carbons (Fsp3) is 0. The summed E-state index contributed by atoms with van der Waals surface area (Å²) in [5, 5.41) is 2.36. The Kier molecular flexibility index (Phi) is 8.08. The molecule has 0 unspecified atom stereocenters. The van der Waals surface area contributed by atoms with Crippen LogP contribution in [0.15, 0.2) is 200 Å². The lowest BCUT2D eigenvalue weighted by Crippen LogP contribution is -1.98. The summed E-state index contributed by atoms with van der Waals surface area (Å²) in [5.41, 5.74) is 13.2. The first-order valence-corrected chi connectivity index (χ1v) is 18.4. The molecule has 0 amide bonds. The number of pyridine rings is 1. The number of hydrogen-bond acceptors (Lipinski definition) is 4. The van der Waals surface area contributed by atoms with Crippen LogP contribution in [0.1, 0.15) is 0 Å². The third kappa shape index (κ3) is 6.04. The molecular weight excluding hydrogens is 671 g/mol. The van der Waals surface area contributed by atoms with Crippen LogP contribution in [0.2, 0.25) is 0 Å². The summed E-state index contributed by atoms with van der Waals surface area (Å²) in [6, 6.07) is 67.1. The number of nitrogens with zero attached hydrogens (tertiary/aromatic N) is 5. The second kappa shape index (κ2) is 13.8. The molecule has 0 bridgehead atoms. The first-order chi connectivity index (χ1) is 27.3. The molecule has 0 saturated carbocycles. The van der Waals surface area contributed by atoms with E-state index in [4.69, 9.17) is 19.9 Å². The van der Waals surface area contributed by atoms with Crippen molar-refractivity contribution in [3.63, 3.8) is 0 Å². The Bertz CT molecular complexity index is 2880. The number of para-hydroxylation sites is 3. The van der Waals surface area contributed by atoms with Crippen molar-refractivity contribution in [3.05, 3.63) is 200 Å². The largest absolute Gasteiger partial charge is 0.291 e. The van der Waals surface area contributed by atoms with E-state index in [-0.39, 0.29) is 0 Å². The van der Waals surface area contributed by atoms with Gasteiger partial charge in [-0.25, -0.2) is 15.0 Å². The molecule has 55 heavy (non-hydrogen) atoms. The van der Waals surface area contributed by atoms with Gasteiger partial charge in [0.25, 0.3) is 0 Å². The van der Waals surface area contributed by atoms with Crippen molar-refractivity contribution in [2.75, 3.05) is 0 Å². The van der Waals surface area contributed by atoms with Crippen LogP contribution in [0, 0.1) is 0 Å². The Morgan fingerprint density at radius 1 is 0.364 bits per heavy atom. The molecule has 3 heterocycles. The SMILES string of the molecule is c1ccc(-c2cc(-c3ccc(-c4ccc(-c5ccc(-c6nc7ccccc7n6-c6ccccc6)nc5)c5ccccc45)cc3)nc(-c3ccccc3)n2)cc1. The summed E-state index contributed by atoms with van der Waals surface area (Å²) in [7, 11) is 0. The Labute approximate surface area is 318 Å². The van der Waals surface area contributed by atoms with Crippen molar-refractivity contribution in [1.29, 1.82) is 0 Å². The van der Waals surface area contributed by atoms with E-state index in [2.05, 4.69) is 138 Å². The summed E-state index contributed by atoms with van der Waals surface area (Å²) in [6.07, 6.45) is 1.97. The molecule has 10 rings (SSSR count). The van der Waals surface area contributed by atoms with Crippen molar-refractivity contribution < 1.29 is 0 Å². The van der Waals surface area contributed by atoms with Crippen LogP contribution in [-0.2, 0) is 0 Å². The van der Waals surface area contributed by atoms with E-state index in [0.717, 1.165) is 73.0 Å². The van der Waals surface area contributed by atoms with Gasteiger partial charge in [-0.2, -0.15) is 0 Å². The zero-order valence-electron chi connectivity index (χ0n) is 29.8. The Hall–Kier alpha value is -7.50. The van der Waals surface area contributed by atoms with Crippen molar-refractivity contribution in [1.82, 2.24) is 24.5 Å². The number of aromatic nitrogens is 5. The van der Waals surface area contributed by atoms with Crippen molar-refractivity contribution in [2.24, 2.45) is 0 Å². The first kappa shape index (κ1) is 32.2. The topological polar surface area (TPSA) is 56.5 Å². The van der Waals surface area contributed by atoms with E-state index in [1.54, 1.807) is 0 Å². The standard InChI is InChI=1S/C50H33N5/c1-4-14-35(15-5-1)46-32-47(53-49(52-46)37-16-6-2-7-17-37)36-26-24-34(25-27-36)40-29-30-41(43-21-11-10-20-42(40)43)38-28-31-45(51-33-38)50-54-44-22-12-13-23-48(44)55(50)39-18-8-3-9-19-39/h1-33H. The zero-order chi connectivity index (χ0) is 36.6. The van der Waals surface area contributed by atoms with Crippen molar-refractivity contribution in [3.8, 4) is 73.4 Å². The molecule has 0 N–H and O–H groups in total. The fourth-order valence-electron chi connectivity index (χ4n) is 7.41. The van der Waals surface area contributed by atoms with Crippen LogP contribution in [0.3, 0.4) is 0 Å². The Morgan fingerprint density at radius 2 is 0.891 bits per heavy atom. The minimum atomic E-state index is 0.708. The molecule has 0 fully saturated rings. The fourth-order valence-corrected chi connectivity index (χ4v) is 7.41. The highest BCUT2D eigenvalue weighted by atomic mass is 15.1. The lowest BCUT2D eigenvalue weighted by Gasteiger charge is -2.13. The van der Waals surface area contributed by atoms with Crippen LogP contribution < -0.4 is 0 Å². The minimum Gasteiger partial charge on any atom is -0.291 e. The van der Waals surface area contributed by atoms with Gasteiger partial charge in [-0.1, -0.05) is 158 Å². The number of hydrogen-bond donors (Lipinski definition) is 0. The molecule has 0 aliphatic heterocycles. The van der Waals surface area contributed by atoms with Gasteiger partial charge in [0, 0.05) is 34.1 Å². The smallest absolute Gasteiger partial charge is 0.164 e. The molecule has 7 aromatic carbocycles. The molecule has 3 aromatic heterocycles. The van der Waals surface area contributed by atoms with Gasteiger partial charge < -0.3 is 0 Å². The van der Waals surface area contributed by atoms with Gasteiger partial charge in [-0.05, 0) is 63.9 Å². The highest BCUT2D eigenvalue weighted by molar-refractivity contribution is 6.05. The Balaban J connectivity index is 0.998. The summed E-state index contributed by atoms with van der Waals surface area (Å²) in [6.45, 7) is 0. The first-order valence-electron chi connectivity index (χ1n) is 18.4. The molecule has 0 radical (unpaired) electrons. The summed E-state index contributed by atoms with van der Waals surface area (Å²) in [4.78, 5) is 20.0. The van der Waals surface area contributed by atoms with E-state index in [1.165, 1.54) is 16.3 Å². The predicted octanol–water partition coefficient (Wildman–Crippen LogP) is 12.4. The number of imidazole rings is 1. The number of fused-ring (bicyclic) bond motifs is 2. The third-order valence-electron chi connectivity index (χ3n) is 10.1. The van der Waals surface area contributed by atoms with E-state index >= 15 is 0 Å². The lowest BCUT2D eigenvalue weighted by atomic mass is 9.92. The van der Waals surface area contributed by atoms with Gasteiger partial charge in [0.2, 0.25) is 0 Å². The van der Waals surface area contributed by atoms with Gasteiger partial charge in [-0.3, -0.25) is 9.55 Å². The quantitative estimate of drug-likeness (QED) is 0.166. The van der Waals surface area contributed by atoms with Gasteiger partial charge in [-0.15, -0.1) is 0 Å². The van der Waals surface area contributed by atoms with Gasteiger partial charge in [0.05, 0.1) is 22.4 Å². The van der Waals surface area contributed by atoms with Crippen LogP contribution >= 0.6 is 0 Å². The van der Waals surface area contributed by atoms with E-state index in [1.807, 2.05) is 66.9 Å². The van der Waals surface area contributed by atoms with Crippen molar-refractivity contribution >= 4 is 21.8 Å². The van der Waals surface area contributed by atoms with Gasteiger partial charge >= 0.3 is 0 Å². The average Bonchev–Trinajstić information content (AvgIpc) is 3.67. The molecule has 0 spiro atoms. The maximum atomic E-state index is 5.03. The number of rotatable bonds is 7. The molecule has 0 atom stereocenters. The second-order valence-corrected chi connectivity index (χ2v) is 13.5. The maximum absolute atomic E-state index is 5.03. The highest BCUT2D eigenvalue weighted by Gasteiger charge is 2.17. The zero-order valence-corrected chi connectivity index (χ0v) is 29.8. The van der Waals surface area contributed by atoms with Crippen LogP contribution in [0.5, 0.6) is 0 Å². The van der Waals surface area contributed by atoms with Crippen LogP contribution in [0.25, 0.3) is 95.2 Å². The lowest BCUT2D eigenvalue weighted by molar-refractivity contribution is 1.08. The van der Waals surface area contributed by atoms with Crippen LogP contribution in [0.4, 0.5) is 0 Å². The molecule has 258 valence electrons. The van der Waals surface area contributed by atoms with Crippen LogP contribution in [-0.4, -0.2) is 24.5 Å². The average molecular weight is 704 g/mol. The van der Waals surface area contributed by atoms with Gasteiger partial charge in [0.1, 0.15) is 5.69 Å². The molecule has 0 aliphatic rings. The highest BCUT2D eigenvalue weighted by Crippen LogP contribution is 2.37. The molecule has 0 aliphatic carbocycles. The van der Waals surface area contributed by atoms with Crippen molar-refractivity contribution in [2.45, 2.75) is 0 Å². The van der Waals surface area contributed by atoms with E-state index in [9.17, 15) is 0 Å². The molecule has 0 saturated heterocycles. The summed E-state index contributed by atoms with van der Waals surface area (Å²) >= 11 is 0. The predicted molar refractivity (Wildman–Crippen MR) is 225 cm³/mol. The summed E-state index contributed by atoms with van der Waals surface area (Å²) < 4.78 is 2.18. The second-order valence-electron chi connectivity index (χ2n) is 13.5. The maximum Gasteiger partial charge on any atom is 0.164 e. The Morgan fingerprint density at radius 3 is 1.55 bits per heavy atom.